The number of amides is 3. The third-order valence-corrected chi connectivity index (χ3v) is 10.1. The van der Waals surface area contributed by atoms with E-state index in [2.05, 4.69) is 10.6 Å². The van der Waals surface area contributed by atoms with Crippen LogP contribution >= 0.6 is 0 Å². The molecular formula is C39H46N4O7. The average Bonchev–Trinajstić information content (AvgIpc) is 3.38. The molecule has 0 aliphatic carbocycles. The highest BCUT2D eigenvalue weighted by molar-refractivity contribution is 6.09. The van der Waals surface area contributed by atoms with Crippen LogP contribution in [0.4, 0.5) is 17.1 Å². The smallest absolute Gasteiger partial charge is 0.261 e. The summed E-state index contributed by atoms with van der Waals surface area (Å²) in [5.41, 5.74) is 3.14. The van der Waals surface area contributed by atoms with Crippen molar-refractivity contribution in [2.45, 2.75) is 70.2 Å². The van der Waals surface area contributed by atoms with E-state index in [9.17, 15) is 29.7 Å². The van der Waals surface area contributed by atoms with E-state index in [0.29, 0.717) is 67.3 Å². The van der Waals surface area contributed by atoms with E-state index >= 15 is 0 Å². The Morgan fingerprint density at radius 1 is 1.06 bits per heavy atom. The fraction of sp³-hybridized carbons (Fsp3) is 0.410. The molecule has 3 aromatic carbocycles. The molecule has 0 spiro atoms. The molecular weight excluding hydrogens is 636 g/mol. The number of carbonyl (C=O) groups is 3. The van der Waals surface area contributed by atoms with Crippen LogP contribution in [0, 0.1) is 5.92 Å². The topological polar surface area (TPSA) is 152 Å². The van der Waals surface area contributed by atoms with Gasteiger partial charge in [-0.1, -0.05) is 43.3 Å². The molecule has 0 bridgehead atoms. The molecule has 50 heavy (non-hydrogen) atoms. The number of aliphatic hydroxyl groups is 3. The maximum absolute atomic E-state index is 14.0. The minimum absolute atomic E-state index is 0.0447. The van der Waals surface area contributed by atoms with Crippen molar-refractivity contribution < 1.29 is 34.4 Å². The van der Waals surface area contributed by atoms with Crippen LogP contribution < -0.4 is 20.3 Å². The van der Waals surface area contributed by atoms with Gasteiger partial charge in [0, 0.05) is 42.4 Å². The third-order valence-electron chi connectivity index (χ3n) is 10.1. The van der Waals surface area contributed by atoms with Crippen molar-refractivity contribution in [1.29, 1.82) is 0 Å². The Kier molecular flexibility index (Phi) is 10.7. The zero-order chi connectivity index (χ0) is 35.4. The molecule has 3 aliphatic heterocycles. The van der Waals surface area contributed by atoms with Gasteiger partial charge in [0.15, 0.2) is 5.60 Å². The van der Waals surface area contributed by atoms with Crippen LogP contribution in [-0.2, 0) is 39.4 Å². The largest absolute Gasteiger partial charge is 0.494 e. The van der Waals surface area contributed by atoms with Gasteiger partial charge < -0.3 is 35.6 Å². The Bertz CT molecular complexity index is 1780. The summed E-state index contributed by atoms with van der Waals surface area (Å²) in [6, 6.07) is 17.8. The van der Waals surface area contributed by atoms with Crippen LogP contribution in [0.15, 0.2) is 72.8 Å². The minimum Gasteiger partial charge on any atom is -0.494 e. The second-order valence-corrected chi connectivity index (χ2v) is 13.2. The first-order valence-electron chi connectivity index (χ1n) is 17.5. The number of carbonyl (C=O) groups excluding carboxylic acids is 3. The molecule has 264 valence electrons. The molecule has 4 atom stereocenters. The second-order valence-electron chi connectivity index (χ2n) is 13.2. The summed E-state index contributed by atoms with van der Waals surface area (Å²) in [5.74, 6) is -0.923. The number of rotatable bonds is 13. The molecule has 1 unspecified atom stereocenters. The van der Waals surface area contributed by atoms with Crippen LogP contribution in [0.25, 0.3) is 0 Å². The second kappa shape index (κ2) is 15.1. The molecule has 0 aromatic heterocycles. The first-order chi connectivity index (χ1) is 24.2. The highest BCUT2D eigenvalue weighted by Crippen LogP contribution is 2.45. The van der Waals surface area contributed by atoms with Crippen LogP contribution in [0.2, 0.25) is 0 Å². The summed E-state index contributed by atoms with van der Waals surface area (Å²) in [7, 11) is 0. The maximum Gasteiger partial charge on any atom is 0.261 e. The van der Waals surface area contributed by atoms with Crippen molar-refractivity contribution in [2.24, 2.45) is 5.92 Å². The van der Waals surface area contributed by atoms with Gasteiger partial charge in [0.05, 0.1) is 31.0 Å². The Balaban J connectivity index is 1.24. The normalized spacial score (nSPS) is 21.9. The van der Waals surface area contributed by atoms with Gasteiger partial charge in [0.1, 0.15) is 5.75 Å². The number of unbranched alkanes of at least 4 members (excludes halogenated alkanes) is 1. The van der Waals surface area contributed by atoms with Crippen LogP contribution in [0.3, 0.4) is 0 Å². The Labute approximate surface area is 292 Å². The highest BCUT2D eigenvalue weighted by atomic mass is 16.5. The zero-order valence-electron chi connectivity index (χ0n) is 28.6. The lowest BCUT2D eigenvalue weighted by Crippen LogP contribution is -2.49. The summed E-state index contributed by atoms with van der Waals surface area (Å²) in [6.07, 6.45) is 5.78. The van der Waals surface area contributed by atoms with E-state index in [1.165, 1.54) is 0 Å². The van der Waals surface area contributed by atoms with Crippen molar-refractivity contribution in [3.63, 3.8) is 0 Å². The molecule has 0 radical (unpaired) electrons. The Morgan fingerprint density at radius 2 is 1.86 bits per heavy atom. The van der Waals surface area contributed by atoms with Gasteiger partial charge in [0.25, 0.3) is 5.91 Å². The van der Waals surface area contributed by atoms with E-state index in [1.54, 1.807) is 47.1 Å². The Morgan fingerprint density at radius 3 is 2.62 bits per heavy atom. The quantitative estimate of drug-likeness (QED) is 0.135. The Hall–Kier alpha value is -4.55. The summed E-state index contributed by atoms with van der Waals surface area (Å²) in [5, 5.41) is 37.4. The van der Waals surface area contributed by atoms with Crippen molar-refractivity contribution in [2.75, 3.05) is 36.6 Å². The van der Waals surface area contributed by atoms with Crippen LogP contribution in [-0.4, -0.2) is 76.4 Å². The molecule has 0 fully saturated rings. The zero-order valence-corrected chi connectivity index (χ0v) is 28.6. The van der Waals surface area contributed by atoms with Gasteiger partial charge in [-0.15, -0.1) is 0 Å². The minimum atomic E-state index is -1.95. The predicted octanol–water partition coefficient (Wildman–Crippen LogP) is 3.70. The number of nitrogens with zero attached hydrogens (tertiary/aromatic N) is 2. The first kappa shape index (κ1) is 35.3. The van der Waals surface area contributed by atoms with Gasteiger partial charge >= 0.3 is 0 Å². The number of nitrogens with one attached hydrogen (secondary N) is 2. The molecule has 3 aliphatic rings. The fourth-order valence-electron chi connectivity index (χ4n) is 7.28. The fourth-order valence-corrected chi connectivity index (χ4v) is 7.28. The van der Waals surface area contributed by atoms with Crippen LogP contribution in [0.1, 0.15) is 55.4 Å². The lowest BCUT2D eigenvalue weighted by molar-refractivity contribution is -0.137. The van der Waals surface area contributed by atoms with Crippen LogP contribution in [0.5, 0.6) is 5.75 Å². The molecule has 3 heterocycles. The molecule has 11 nitrogen and oxygen atoms in total. The number of hydrogen-bond acceptors (Lipinski definition) is 8. The van der Waals surface area contributed by atoms with Gasteiger partial charge in [-0.25, -0.2) is 0 Å². The molecule has 0 saturated heterocycles. The standard InChI is InChI=1S/C39H46N4O7/c1-3-50-31-14-16-35-28(20-31)21-34(40-17-6-7-18-44)37(47)43(35)29-13-15-33-32(22-29)39(49,38(48)41-33)25(2)9-8-12-36(46)42-23-27-11-5-4-10-26(27)19-30(42)24-45/h4-5,8-11,13-16,20,22,25,30,34,40,44-45,49H,3,6-7,12,17-19,21,23-24H2,1-2H3,(H,41,48)/b9-8+/t25-,30-,34?,39+/m0/s1. The maximum atomic E-state index is 14.0. The molecule has 11 heteroatoms. The van der Waals surface area contributed by atoms with Gasteiger partial charge in [0.2, 0.25) is 11.8 Å². The van der Waals surface area contributed by atoms with Crippen molar-refractivity contribution >= 4 is 34.8 Å². The first-order valence-corrected chi connectivity index (χ1v) is 17.5. The van der Waals surface area contributed by atoms with Gasteiger partial charge in [-0.3, -0.25) is 19.3 Å². The van der Waals surface area contributed by atoms with E-state index in [4.69, 9.17) is 4.74 Å². The molecule has 3 amide bonds. The summed E-state index contributed by atoms with van der Waals surface area (Å²) >= 11 is 0. The average molecular weight is 683 g/mol. The number of hydrogen-bond donors (Lipinski definition) is 5. The van der Waals surface area contributed by atoms with Crippen molar-refractivity contribution in [1.82, 2.24) is 10.2 Å². The number of aliphatic hydroxyl groups excluding tert-OH is 2. The summed E-state index contributed by atoms with van der Waals surface area (Å²) in [6.45, 7) is 5.06. The lowest BCUT2D eigenvalue weighted by Gasteiger charge is -2.36. The number of benzene rings is 3. The van der Waals surface area contributed by atoms with Crippen molar-refractivity contribution in [3.05, 3.63) is 95.1 Å². The molecule has 5 N–H and O–H groups in total. The lowest BCUT2D eigenvalue weighted by atomic mass is 9.82. The molecule has 3 aromatic rings. The molecule has 6 rings (SSSR count). The SMILES string of the molecule is CCOc1ccc2c(c1)CC(NCCCCO)C(=O)N2c1ccc2c(c1)[C@](O)([C@@H](C)/C=C/CC(=O)N1Cc3ccccc3C[C@H]1CO)C(=O)N2. The predicted molar refractivity (Wildman–Crippen MR) is 190 cm³/mol. The van der Waals surface area contributed by atoms with E-state index < -0.39 is 23.5 Å². The number of anilines is 3. The van der Waals surface area contributed by atoms with Gasteiger partial charge in [-0.2, -0.15) is 0 Å². The van der Waals surface area contributed by atoms with E-state index in [0.717, 1.165) is 23.1 Å². The monoisotopic (exact) mass is 682 g/mol. The molecule has 0 saturated carbocycles. The van der Waals surface area contributed by atoms with Gasteiger partial charge in [-0.05, 0) is 92.2 Å². The number of fused-ring (bicyclic) bond motifs is 3. The third kappa shape index (κ3) is 6.78. The highest BCUT2D eigenvalue weighted by Gasteiger charge is 2.49. The summed E-state index contributed by atoms with van der Waals surface area (Å²) in [4.78, 5) is 44.1. The van der Waals surface area contributed by atoms with Crippen molar-refractivity contribution in [3.8, 4) is 5.75 Å². The summed E-state index contributed by atoms with van der Waals surface area (Å²) < 4.78 is 5.75. The van der Waals surface area contributed by atoms with E-state index in [1.807, 2.05) is 49.4 Å². The van der Waals surface area contributed by atoms with E-state index in [-0.39, 0.29) is 37.5 Å². The number of ether oxygens (including phenoxy) is 1.